The summed E-state index contributed by atoms with van der Waals surface area (Å²) in [5.41, 5.74) is 0. The number of fused-ring (bicyclic) bond motifs is 1. The monoisotopic (exact) mass is 160 g/mol. The topological polar surface area (TPSA) is 47.9 Å². The van der Waals surface area contributed by atoms with Crippen LogP contribution in [-0.2, 0) is 14.2 Å². The molecule has 0 saturated carbocycles. The SMILES string of the molecule is CO[C@@H]1O[C@@H]2OCC[C@@H]2[C@H]1O. The van der Waals surface area contributed by atoms with Gasteiger partial charge in [0.2, 0.25) is 0 Å². The second kappa shape index (κ2) is 2.71. The molecule has 0 spiro atoms. The average Bonchev–Trinajstić information content (AvgIpc) is 2.53. The van der Waals surface area contributed by atoms with Gasteiger partial charge in [-0.25, -0.2) is 0 Å². The van der Waals surface area contributed by atoms with Gasteiger partial charge in [-0.3, -0.25) is 0 Å². The quantitative estimate of drug-likeness (QED) is 0.572. The minimum atomic E-state index is -0.521. The van der Waals surface area contributed by atoms with Crippen molar-refractivity contribution in [3.05, 3.63) is 0 Å². The molecule has 2 saturated heterocycles. The molecule has 0 radical (unpaired) electrons. The smallest absolute Gasteiger partial charge is 0.186 e. The summed E-state index contributed by atoms with van der Waals surface area (Å²) in [6, 6.07) is 0. The third-order valence-electron chi connectivity index (χ3n) is 2.30. The largest absolute Gasteiger partial charge is 0.387 e. The van der Waals surface area contributed by atoms with E-state index in [1.807, 2.05) is 0 Å². The van der Waals surface area contributed by atoms with Gasteiger partial charge in [0, 0.05) is 13.0 Å². The summed E-state index contributed by atoms with van der Waals surface area (Å²) in [6.45, 7) is 0.683. The van der Waals surface area contributed by atoms with E-state index in [-0.39, 0.29) is 12.2 Å². The first kappa shape index (κ1) is 7.49. The van der Waals surface area contributed by atoms with Crippen LogP contribution in [0.3, 0.4) is 0 Å². The van der Waals surface area contributed by atoms with Crippen molar-refractivity contribution in [3.63, 3.8) is 0 Å². The molecule has 0 aromatic rings. The minimum Gasteiger partial charge on any atom is -0.387 e. The molecule has 4 atom stereocenters. The Labute approximate surface area is 65.1 Å². The zero-order valence-electron chi connectivity index (χ0n) is 6.40. The fourth-order valence-electron chi connectivity index (χ4n) is 1.66. The standard InChI is InChI=1S/C7H12O4/c1-9-7-5(8)4-2-3-10-6(4)11-7/h4-8H,2-3H2,1H3/t4-,5-,6+,7-/m1/s1. The predicted octanol–water partition coefficient (Wildman–Crippen LogP) is -0.287. The molecule has 4 nitrogen and oxygen atoms in total. The van der Waals surface area contributed by atoms with Crippen molar-refractivity contribution in [2.45, 2.75) is 25.1 Å². The van der Waals surface area contributed by atoms with Crippen molar-refractivity contribution >= 4 is 0 Å². The second-order valence-corrected chi connectivity index (χ2v) is 2.92. The lowest BCUT2D eigenvalue weighted by Crippen LogP contribution is -2.27. The Hall–Kier alpha value is -0.160. The fraction of sp³-hybridized carbons (Fsp3) is 1.00. The minimum absolute atomic E-state index is 0.111. The molecule has 2 fully saturated rings. The highest BCUT2D eigenvalue weighted by molar-refractivity contribution is 4.85. The van der Waals surface area contributed by atoms with E-state index in [4.69, 9.17) is 14.2 Å². The lowest BCUT2D eigenvalue weighted by molar-refractivity contribution is -0.201. The summed E-state index contributed by atoms with van der Waals surface area (Å²) in [4.78, 5) is 0. The normalized spacial score (nSPS) is 49.6. The van der Waals surface area contributed by atoms with Crippen LogP contribution < -0.4 is 0 Å². The van der Waals surface area contributed by atoms with Gasteiger partial charge in [0.15, 0.2) is 12.6 Å². The number of hydrogen-bond acceptors (Lipinski definition) is 4. The molecule has 0 bridgehead atoms. The maximum atomic E-state index is 9.53. The van der Waals surface area contributed by atoms with E-state index in [0.29, 0.717) is 6.61 Å². The van der Waals surface area contributed by atoms with Crippen LogP contribution in [0.5, 0.6) is 0 Å². The van der Waals surface area contributed by atoms with Crippen LogP contribution in [0.2, 0.25) is 0 Å². The van der Waals surface area contributed by atoms with E-state index in [1.165, 1.54) is 7.11 Å². The van der Waals surface area contributed by atoms with Crippen LogP contribution in [0.15, 0.2) is 0 Å². The predicted molar refractivity (Wildman–Crippen MR) is 35.7 cm³/mol. The number of rotatable bonds is 1. The summed E-state index contributed by atoms with van der Waals surface area (Å²) in [6.07, 6.45) is -0.390. The van der Waals surface area contributed by atoms with Crippen molar-refractivity contribution in [2.24, 2.45) is 5.92 Å². The molecule has 0 aliphatic carbocycles. The molecule has 0 aromatic carbocycles. The van der Waals surface area contributed by atoms with Gasteiger partial charge < -0.3 is 19.3 Å². The number of hydrogen-bond donors (Lipinski definition) is 1. The summed E-state index contributed by atoms with van der Waals surface area (Å²) >= 11 is 0. The van der Waals surface area contributed by atoms with E-state index in [1.54, 1.807) is 0 Å². The zero-order chi connectivity index (χ0) is 7.84. The summed E-state index contributed by atoms with van der Waals surface area (Å²) in [5.74, 6) is 0.111. The number of aliphatic hydroxyl groups is 1. The van der Waals surface area contributed by atoms with Crippen LogP contribution in [0.25, 0.3) is 0 Å². The van der Waals surface area contributed by atoms with Crippen LogP contribution in [0.4, 0.5) is 0 Å². The zero-order valence-corrected chi connectivity index (χ0v) is 6.40. The van der Waals surface area contributed by atoms with E-state index >= 15 is 0 Å². The molecule has 0 aromatic heterocycles. The third-order valence-corrected chi connectivity index (χ3v) is 2.30. The first-order valence-electron chi connectivity index (χ1n) is 3.81. The van der Waals surface area contributed by atoms with Gasteiger partial charge >= 0.3 is 0 Å². The van der Waals surface area contributed by atoms with Crippen molar-refractivity contribution in [3.8, 4) is 0 Å². The second-order valence-electron chi connectivity index (χ2n) is 2.92. The maximum Gasteiger partial charge on any atom is 0.186 e. The third kappa shape index (κ3) is 1.06. The Balaban J connectivity index is 2.04. The van der Waals surface area contributed by atoms with Gasteiger partial charge in [0.25, 0.3) is 0 Å². The number of aliphatic hydroxyl groups excluding tert-OH is 1. The van der Waals surface area contributed by atoms with E-state index in [2.05, 4.69) is 0 Å². The van der Waals surface area contributed by atoms with Crippen molar-refractivity contribution in [1.29, 1.82) is 0 Å². The van der Waals surface area contributed by atoms with Gasteiger partial charge in [-0.15, -0.1) is 0 Å². The Morgan fingerprint density at radius 3 is 3.00 bits per heavy atom. The van der Waals surface area contributed by atoms with E-state index in [9.17, 15) is 5.11 Å². The van der Waals surface area contributed by atoms with E-state index in [0.717, 1.165) is 6.42 Å². The van der Waals surface area contributed by atoms with Crippen molar-refractivity contribution < 1.29 is 19.3 Å². The fourth-order valence-corrected chi connectivity index (χ4v) is 1.66. The molecule has 11 heavy (non-hydrogen) atoms. The molecule has 2 aliphatic rings. The first-order chi connectivity index (χ1) is 5.33. The lowest BCUT2D eigenvalue weighted by atomic mass is 10.0. The molecular weight excluding hydrogens is 148 g/mol. The van der Waals surface area contributed by atoms with Gasteiger partial charge in [0.1, 0.15) is 6.10 Å². The Morgan fingerprint density at radius 1 is 1.55 bits per heavy atom. The van der Waals surface area contributed by atoms with Gasteiger partial charge in [-0.05, 0) is 6.42 Å². The highest BCUT2D eigenvalue weighted by atomic mass is 16.8. The van der Waals surface area contributed by atoms with Crippen LogP contribution in [0, 0.1) is 5.92 Å². The molecule has 2 aliphatic heterocycles. The highest BCUT2D eigenvalue weighted by Crippen LogP contribution is 2.35. The van der Waals surface area contributed by atoms with Crippen LogP contribution >= 0.6 is 0 Å². The molecule has 64 valence electrons. The molecule has 2 rings (SSSR count). The van der Waals surface area contributed by atoms with Gasteiger partial charge in [-0.1, -0.05) is 0 Å². The Kier molecular flexibility index (Phi) is 1.85. The number of methoxy groups -OCH3 is 1. The molecule has 0 amide bonds. The van der Waals surface area contributed by atoms with Crippen LogP contribution in [0.1, 0.15) is 6.42 Å². The van der Waals surface area contributed by atoms with Gasteiger partial charge in [-0.2, -0.15) is 0 Å². The molecular formula is C7H12O4. The highest BCUT2D eigenvalue weighted by Gasteiger charge is 2.47. The maximum absolute atomic E-state index is 9.53. The Bertz CT molecular complexity index is 149. The Morgan fingerprint density at radius 2 is 2.36 bits per heavy atom. The van der Waals surface area contributed by atoms with Crippen molar-refractivity contribution in [1.82, 2.24) is 0 Å². The van der Waals surface area contributed by atoms with E-state index < -0.39 is 12.4 Å². The molecule has 4 heteroatoms. The average molecular weight is 160 g/mol. The van der Waals surface area contributed by atoms with Crippen molar-refractivity contribution in [2.75, 3.05) is 13.7 Å². The van der Waals surface area contributed by atoms with Gasteiger partial charge in [0.05, 0.1) is 6.61 Å². The summed E-state index contributed by atoms with van der Waals surface area (Å²) in [5, 5.41) is 9.53. The summed E-state index contributed by atoms with van der Waals surface area (Å²) in [7, 11) is 1.52. The molecule has 2 heterocycles. The molecule has 0 unspecified atom stereocenters. The number of ether oxygens (including phenoxy) is 3. The lowest BCUT2D eigenvalue weighted by Gasteiger charge is -2.13. The first-order valence-corrected chi connectivity index (χ1v) is 3.81. The summed E-state index contributed by atoms with van der Waals surface area (Å²) < 4.78 is 15.4. The molecule has 1 N–H and O–H groups in total. The van der Waals surface area contributed by atoms with Crippen LogP contribution in [-0.4, -0.2) is 37.5 Å².